The molecule has 0 aromatic heterocycles. The molecule has 2 rings (SSSR count). The maximum atomic E-state index is 14.2. The Morgan fingerprint density at radius 3 is 2.05 bits per heavy atom. The van der Waals surface area contributed by atoms with Gasteiger partial charge in [0.25, 0.3) is 0 Å². The van der Waals surface area contributed by atoms with Crippen LogP contribution in [0.1, 0.15) is 18.1 Å². The Kier molecular flexibility index (Phi) is 4.91. The minimum atomic E-state index is -0.569. The summed E-state index contributed by atoms with van der Waals surface area (Å²) in [6.07, 6.45) is 1.39. The van der Waals surface area contributed by atoms with Gasteiger partial charge in [-0.25, -0.2) is 8.78 Å². The largest absolute Gasteiger partial charge is 0.340 e. The number of aryl methyl sites for hydroxylation is 1. The fraction of sp³-hybridized carbons (Fsp3) is 0.294. The van der Waals surface area contributed by atoms with E-state index in [9.17, 15) is 8.78 Å². The van der Waals surface area contributed by atoms with Crippen LogP contribution in [0.25, 0.3) is 0 Å². The molecule has 0 aliphatic heterocycles. The first kappa shape index (κ1) is 15.4. The van der Waals surface area contributed by atoms with Gasteiger partial charge in [-0.2, -0.15) is 0 Å². The minimum absolute atomic E-state index is 0.0416. The van der Waals surface area contributed by atoms with E-state index in [-0.39, 0.29) is 5.69 Å². The maximum Gasteiger partial charge on any atom is 0.150 e. The molecule has 0 atom stereocenters. The van der Waals surface area contributed by atoms with Crippen LogP contribution >= 0.6 is 0 Å². The van der Waals surface area contributed by atoms with E-state index in [1.807, 2.05) is 24.3 Å². The van der Waals surface area contributed by atoms with E-state index in [4.69, 9.17) is 5.73 Å². The molecule has 0 radical (unpaired) electrons. The number of benzene rings is 2. The van der Waals surface area contributed by atoms with Crippen molar-refractivity contribution in [3.05, 3.63) is 59.2 Å². The quantitative estimate of drug-likeness (QED) is 0.907. The highest BCUT2D eigenvalue weighted by Gasteiger charge is 2.16. The van der Waals surface area contributed by atoms with Crippen LogP contribution in [0.4, 0.5) is 20.2 Å². The number of nitrogens with zero attached hydrogens (tertiary/aromatic N) is 1. The van der Waals surface area contributed by atoms with Gasteiger partial charge in [0.15, 0.2) is 0 Å². The standard InChI is InChI=1S/C17H20F2N2/c1-3-12-4-6-14(7-5-12)21(2)17-15(18)10-13(8-9-20)11-16(17)19/h4-7,10-11H,3,8-9,20H2,1-2H3. The molecule has 0 aliphatic rings. The number of anilines is 2. The highest BCUT2D eigenvalue weighted by atomic mass is 19.1. The summed E-state index contributed by atoms with van der Waals surface area (Å²) >= 11 is 0. The fourth-order valence-corrected chi connectivity index (χ4v) is 2.33. The van der Waals surface area contributed by atoms with Crippen molar-refractivity contribution >= 4 is 11.4 Å². The van der Waals surface area contributed by atoms with Gasteiger partial charge in [-0.3, -0.25) is 0 Å². The Labute approximate surface area is 124 Å². The first-order chi connectivity index (χ1) is 10.1. The number of hydrogen-bond acceptors (Lipinski definition) is 2. The smallest absolute Gasteiger partial charge is 0.150 e. The monoisotopic (exact) mass is 290 g/mol. The summed E-state index contributed by atoms with van der Waals surface area (Å²) in [6, 6.07) is 10.4. The molecule has 0 saturated heterocycles. The van der Waals surface area contributed by atoms with Crippen molar-refractivity contribution in [2.75, 3.05) is 18.5 Å². The van der Waals surface area contributed by atoms with Gasteiger partial charge in [0.05, 0.1) is 0 Å². The maximum absolute atomic E-state index is 14.2. The van der Waals surface area contributed by atoms with Gasteiger partial charge in [-0.1, -0.05) is 19.1 Å². The van der Waals surface area contributed by atoms with E-state index in [1.165, 1.54) is 22.6 Å². The van der Waals surface area contributed by atoms with Crippen molar-refractivity contribution in [3.8, 4) is 0 Å². The lowest BCUT2D eigenvalue weighted by Gasteiger charge is -2.21. The van der Waals surface area contributed by atoms with E-state index in [1.54, 1.807) is 7.05 Å². The van der Waals surface area contributed by atoms with Crippen LogP contribution in [-0.2, 0) is 12.8 Å². The third-order valence-electron chi connectivity index (χ3n) is 3.58. The zero-order chi connectivity index (χ0) is 15.4. The van der Waals surface area contributed by atoms with E-state index < -0.39 is 11.6 Å². The lowest BCUT2D eigenvalue weighted by atomic mass is 10.1. The Balaban J connectivity index is 2.35. The van der Waals surface area contributed by atoms with Crippen molar-refractivity contribution in [1.82, 2.24) is 0 Å². The van der Waals surface area contributed by atoms with Crippen molar-refractivity contribution in [2.24, 2.45) is 5.73 Å². The molecule has 2 nitrogen and oxygen atoms in total. The minimum Gasteiger partial charge on any atom is -0.340 e. The van der Waals surface area contributed by atoms with Crippen LogP contribution in [-0.4, -0.2) is 13.6 Å². The molecule has 2 aromatic carbocycles. The highest BCUT2D eigenvalue weighted by Crippen LogP contribution is 2.30. The second kappa shape index (κ2) is 6.68. The second-order valence-electron chi connectivity index (χ2n) is 5.03. The zero-order valence-corrected chi connectivity index (χ0v) is 12.4. The van der Waals surface area contributed by atoms with Crippen LogP contribution in [0.2, 0.25) is 0 Å². The Bertz CT molecular complexity index is 586. The van der Waals surface area contributed by atoms with Crippen molar-refractivity contribution in [3.63, 3.8) is 0 Å². The lowest BCUT2D eigenvalue weighted by Crippen LogP contribution is -2.14. The summed E-state index contributed by atoms with van der Waals surface area (Å²) < 4.78 is 28.4. The second-order valence-corrected chi connectivity index (χ2v) is 5.03. The van der Waals surface area contributed by atoms with Crippen LogP contribution < -0.4 is 10.6 Å². The van der Waals surface area contributed by atoms with Gasteiger partial charge in [-0.15, -0.1) is 0 Å². The SMILES string of the molecule is CCc1ccc(N(C)c2c(F)cc(CCN)cc2F)cc1. The van der Waals surface area contributed by atoms with Gasteiger partial charge >= 0.3 is 0 Å². The van der Waals surface area contributed by atoms with Crippen molar-refractivity contribution < 1.29 is 8.78 Å². The predicted octanol–water partition coefficient (Wildman–Crippen LogP) is 3.80. The van der Waals surface area contributed by atoms with Crippen LogP contribution in [0, 0.1) is 11.6 Å². The van der Waals surface area contributed by atoms with Gasteiger partial charge in [0, 0.05) is 12.7 Å². The summed E-state index contributed by atoms with van der Waals surface area (Å²) in [7, 11) is 1.66. The first-order valence-corrected chi connectivity index (χ1v) is 7.07. The third-order valence-corrected chi connectivity index (χ3v) is 3.58. The van der Waals surface area contributed by atoms with E-state index in [2.05, 4.69) is 6.92 Å². The summed E-state index contributed by atoms with van der Waals surface area (Å²) in [5.41, 5.74) is 7.89. The van der Waals surface area contributed by atoms with E-state index >= 15 is 0 Å². The molecule has 112 valence electrons. The normalized spacial score (nSPS) is 10.7. The average Bonchev–Trinajstić information content (AvgIpc) is 2.47. The molecule has 0 bridgehead atoms. The molecule has 0 saturated carbocycles. The molecule has 0 aliphatic carbocycles. The number of nitrogens with two attached hydrogens (primary N) is 1. The zero-order valence-electron chi connectivity index (χ0n) is 12.4. The van der Waals surface area contributed by atoms with E-state index in [0.717, 1.165) is 12.1 Å². The molecule has 0 unspecified atom stereocenters. The molecule has 0 fully saturated rings. The molecular weight excluding hydrogens is 270 g/mol. The highest BCUT2D eigenvalue weighted by molar-refractivity contribution is 5.64. The Morgan fingerprint density at radius 2 is 1.57 bits per heavy atom. The molecule has 0 amide bonds. The van der Waals surface area contributed by atoms with E-state index in [0.29, 0.717) is 18.5 Å². The summed E-state index contributed by atoms with van der Waals surface area (Å²) in [5.74, 6) is -1.14. The summed E-state index contributed by atoms with van der Waals surface area (Å²) in [6.45, 7) is 2.43. The van der Waals surface area contributed by atoms with Gasteiger partial charge in [-0.05, 0) is 54.8 Å². The fourth-order valence-electron chi connectivity index (χ4n) is 2.33. The van der Waals surface area contributed by atoms with Crippen LogP contribution in [0.3, 0.4) is 0 Å². The van der Waals surface area contributed by atoms with Crippen LogP contribution in [0.15, 0.2) is 36.4 Å². The first-order valence-electron chi connectivity index (χ1n) is 7.07. The Morgan fingerprint density at radius 1 is 1.00 bits per heavy atom. The van der Waals surface area contributed by atoms with Gasteiger partial charge < -0.3 is 10.6 Å². The van der Waals surface area contributed by atoms with Crippen molar-refractivity contribution in [1.29, 1.82) is 0 Å². The Hall–Kier alpha value is -1.94. The van der Waals surface area contributed by atoms with Gasteiger partial charge in [0.2, 0.25) is 0 Å². The molecule has 0 spiro atoms. The number of hydrogen-bond donors (Lipinski definition) is 1. The summed E-state index contributed by atoms with van der Waals surface area (Å²) in [4.78, 5) is 1.52. The van der Waals surface area contributed by atoms with Gasteiger partial charge in [0.1, 0.15) is 17.3 Å². The van der Waals surface area contributed by atoms with Crippen LogP contribution in [0.5, 0.6) is 0 Å². The molecule has 2 N–H and O–H groups in total. The molecule has 21 heavy (non-hydrogen) atoms. The predicted molar refractivity (Wildman–Crippen MR) is 83.0 cm³/mol. The summed E-state index contributed by atoms with van der Waals surface area (Å²) in [5, 5.41) is 0. The molecule has 2 aromatic rings. The van der Waals surface area contributed by atoms with Crippen molar-refractivity contribution in [2.45, 2.75) is 19.8 Å². The molecule has 0 heterocycles. The lowest BCUT2D eigenvalue weighted by molar-refractivity contribution is 0.580. The number of halogens is 2. The topological polar surface area (TPSA) is 29.3 Å². The molecular formula is C17H20F2N2. The average molecular weight is 290 g/mol. The third kappa shape index (κ3) is 3.39. The molecule has 4 heteroatoms. The number of rotatable bonds is 5.